The van der Waals surface area contributed by atoms with Gasteiger partial charge in [-0.15, -0.1) is 0 Å². The smallest absolute Gasteiger partial charge is 0.132 e. The van der Waals surface area contributed by atoms with Crippen LogP contribution in [0.2, 0.25) is 0 Å². The zero-order chi connectivity index (χ0) is 25.9. The molecule has 0 aliphatic carbocycles. The van der Waals surface area contributed by atoms with E-state index in [1.165, 1.54) is 49.7 Å². The van der Waals surface area contributed by atoms with E-state index in [-0.39, 0.29) is 6.04 Å². The van der Waals surface area contributed by atoms with E-state index in [0.29, 0.717) is 12.0 Å². The van der Waals surface area contributed by atoms with Crippen molar-refractivity contribution < 1.29 is 0 Å². The highest BCUT2D eigenvalue weighted by atomic mass is 15.0. The number of aromatic nitrogens is 2. The fourth-order valence-electron chi connectivity index (χ4n) is 5.44. The lowest BCUT2D eigenvalue weighted by atomic mass is 9.97. The molecule has 0 spiro atoms. The van der Waals surface area contributed by atoms with Crippen molar-refractivity contribution in [1.82, 2.24) is 15.3 Å². The summed E-state index contributed by atoms with van der Waals surface area (Å²) >= 11 is 0. The monoisotopic (exact) mass is 498 g/mol. The number of nitrogens with zero attached hydrogens (tertiary/aromatic N) is 2. The second-order valence-electron chi connectivity index (χ2n) is 10.9. The van der Waals surface area contributed by atoms with E-state index in [1.54, 1.807) is 0 Å². The van der Waals surface area contributed by atoms with E-state index in [4.69, 9.17) is 15.7 Å². The van der Waals surface area contributed by atoms with Gasteiger partial charge < -0.3 is 11.1 Å². The number of hydrogen-bond donors (Lipinski definition) is 2. The van der Waals surface area contributed by atoms with E-state index < -0.39 is 0 Å². The lowest BCUT2D eigenvalue weighted by molar-refractivity contribution is 0.501. The van der Waals surface area contributed by atoms with Crippen LogP contribution in [0.3, 0.4) is 0 Å². The molecule has 1 fully saturated rings. The summed E-state index contributed by atoms with van der Waals surface area (Å²) in [6, 6.07) is 22.1. The Morgan fingerprint density at radius 1 is 0.919 bits per heavy atom. The highest BCUT2D eigenvalue weighted by molar-refractivity contribution is 5.60. The summed E-state index contributed by atoms with van der Waals surface area (Å²) in [4.78, 5) is 10.1. The highest BCUT2D eigenvalue weighted by Gasteiger charge is 2.22. The van der Waals surface area contributed by atoms with Crippen molar-refractivity contribution in [2.75, 3.05) is 6.54 Å². The van der Waals surface area contributed by atoms with Crippen molar-refractivity contribution in [2.45, 2.75) is 102 Å². The summed E-state index contributed by atoms with van der Waals surface area (Å²) in [7, 11) is 0. The molecule has 4 rings (SSSR count). The molecule has 1 saturated heterocycles. The Labute approximate surface area is 224 Å². The molecular weight excluding hydrogens is 452 g/mol. The number of nitrogens with one attached hydrogen (secondary N) is 1. The zero-order valence-electron chi connectivity index (χ0n) is 23.0. The minimum atomic E-state index is 0.0405. The van der Waals surface area contributed by atoms with Crippen LogP contribution in [0.4, 0.5) is 0 Å². The second kappa shape index (κ2) is 14.4. The van der Waals surface area contributed by atoms with Crippen LogP contribution in [0.5, 0.6) is 0 Å². The van der Waals surface area contributed by atoms with Crippen LogP contribution in [0.1, 0.15) is 106 Å². The molecule has 1 aliphatic rings. The van der Waals surface area contributed by atoms with Gasteiger partial charge in [-0.05, 0) is 62.3 Å². The number of hydrogen-bond acceptors (Lipinski definition) is 4. The van der Waals surface area contributed by atoms with Crippen LogP contribution in [0.25, 0.3) is 11.3 Å². The van der Waals surface area contributed by atoms with E-state index in [0.717, 1.165) is 61.4 Å². The molecule has 3 atom stereocenters. The van der Waals surface area contributed by atoms with Crippen molar-refractivity contribution in [3.63, 3.8) is 0 Å². The number of rotatable bonds is 14. The Morgan fingerprint density at radius 2 is 1.70 bits per heavy atom. The van der Waals surface area contributed by atoms with Crippen LogP contribution >= 0.6 is 0 Å². The molecule has 2 heterocycles. The molecule has 198 valence electrons. The quantitative estimate of drug-likeness (QED) is 0.225. The third-order valence-corrected chi connectivity index (χ3v) is 7.84. The Balaban J connectivity index is 1.48. The molecule has 1 aromatic heterocycles. The molecule has 3 unspecified atom stereocenters. The fourth-order valence-corrected chi connectivity index (χ4v) is 5.44. The highest BCUT2D eigenvalue weighted by Crippen LogP contribution is 2.27. The maximum absolute atomic E-state index is 6.57. The summed E-state index contributed by atoms with van der Waals surface area (Å²) in [6.45, 7) is 5.64. The molecular formula is C33H46N4. The van der Waals surface area contributed by atoms with Gasteiger partial charge in [-0.2, -0.15) is 0 Å². The molecule has 37 heavy (non-hydrogen) atoms. The summed E-state index contributed by atoms with van der Waals surface area (Å²) in [5.41, 5.74) is 12.5. The van der Waals surface area contributed by atoms with Gasteiger partial charge in [0, 0.05) is 29.3 Å². The van der Waals surface area contributed by atoms with Crippen LogP contribution in [-0.4, -0.2) is 22.6 Å². The van der Waals surface area contributed by atoms with Crippen molar-refractivity contribution >= 4 is 0 Å². The van der Waals surface area contributed by atoms with E-state index in [1.807, 2.05) is 0 Å². The van der Waals surface area contributed by atoms with Crippen molar-refractivity contribution in [3.8, 4) is 11.3 Å². The second-order valence-corrected chi connectivity index (χ2v) is 10.9. The molecule has 4 nitrogen and oxygen atoms in total. The molecule has 0 amide bonds. The zero-order valence-corrected chi connectivity index (χ0v) is 23.0. The first-order chi connectivity index (χ1) is 18.1. The van der Waals surface area contributed by atoms with Crippen LogP contribution in [-0.2, 0) is 12.8 Å². The Hall–Kier alpha value is -2.56. The van der Waals surface area contributed by atoms with Gasteiger partial charge in [-0.3, -0.25) is 0 Å². The van der Waals surface area contributed by atoms with Gasteiger partial charge in [0.15, 0.2) is 0 Å². The normalized spacial score (nSPS) is 17.1. The van der Waals surface area contributed by atoms with E-state index in [2.05, 4.69) is 79.8 Å². The lowest BCUT2D eigenvalue weighted by Crippen LogP contribution is -2.34. The Kier molecular flexibility index (Phi) is 10.7. The molecule has 3 aromatic rings. The molecule has 0 saturated carbocycles. The summed E-state index contributed by atoms with van der Waals surface area (Å²) < 4.78 is 0. The average molecular weight is 499 g/mol. The van der Waals surface area contributed by atoms with Crippen molar-refractivity contribution in [3.05, 3.63) is 83.3 Å². The van der Waals surface area contributed by atoms with Crippen molar-refractivity contribution in [1.29, 1.82) is 0 Å². The van der Waals surface area contributed by atoms with E-state index in [9.17, 15) is 0 Å². The number of unbranched alkanes of at least 4 members (excludes halogenated alkanes) is 4. The maximum Gasteiger partial charge on any atom is 0.132 e. The van der Waals surface area contributed by atoms with Crippen molar-refractivity contribution in [2.24, 2.45) is 5.73 Å². The average Bonchev–Trinajstić information content (AvgIpc) is 3.48. The summed E-state index contributed by atoms with van der Waals surface area (Å²) in [6.07, 6.45) is 13.2. The number of benzene rings is 2. The van der Waals surface area contributed by atoms with E-state index >= 15 is 0 Å². The Morgan fingerprint density at radius 3 is 2.43 bits per heavy atom. The number of aryl methyl sites for hydroxylation is 2. The van der Waals surface area contributed by atoms with Gasteiger partial charge >= 0.3 is 0 Å². The predicted molar refractivity (Wildman–Crippen MR) is 156 cm³/mol. The molecule has 2 aromatic carbocycles. The Bertz CT molecular complexity index is 1060. The third kappa shape index (κ3) is 8.21. The topological polar surface area (TPSA) is 63.8 Å². The third-order valence-electron chi connectivity index (χ3n) is 7.84. The minimum absolute atomic E-state index is 0.0405. The maximum atomic E-state index is 6.57. The van der Waals surface area contributed by atoms with Gasteiger partial charge in [0.2, 0.25) is 0 Å². The van der Waals surface area contributed by atoms with Crippen LogP contribution < -0.4 is 11.1 Å². The lowest BCUT2D eigenvalue weighted by Gasteiger charge is -2.20. The molecule has 0 radical (unpaired) electrons. The SMILES string of the molecule is CCCCCCCC(C)c1nc(CCCc2ccccc2)cc(-c2ccc(C(N)C3CCCN3)cc2)n1. The molecule has 4 heteroatoms. The first-order valence-corrected chi connectivity index (χ1v) is 14.6. The van der Waals surface area contributed by atoms with Crippen LogP contribution in [0.15, 0.2) is 60.7 Å². The van der Waals surface area contributed by atoms with Gasteiger partial charge in [-0.1, -0.05) is 101 Å². The van der Waals surface area contributed by atoms with Gasteiger partial charge in [0.25, 0.3) is 0 Å². The standard InChI is InChI=1S/C33H46N4/c1-3-4-5-6-8-13-25(2)33-36-29(17-11-16-26-14-9-7-10-15-26)24-31(37-33)27-19-21-28(22-20-27)32(34)30-18-12-23-35-30/h7,9-10,14-15,19-22,24-25,30,32,35H,3-6,8,11-13,16-18,23,34H2,1-2H3. The largest absolute Gasteiger partial charge is 0.323 e. The summed E-state index contributed by atoms with van der Waals surface area (Å²) in [5, 5.41) is 3.54. The van der Waals surface area contributed by atoms with Gasteiger partial charge in [0.1, 0.15) is 5.82 Å². The number of nitrogens with two attached hydrogens (primary N) is 1. The summed E-state index contributed by atoms with van der Waals surface area (Å²) in [5.74, 6) is 1.37. The van der Waals surface area contributed by atoms with Gasteiger partial charge in [-0.25, -0.2) is 9.97 Å². The predicted octanol–water partition coefficient (Wildman–Crippen LogP) is 7.53. The fraction of sp³-hybridized carbons (Fsp3) is 0.515. The first-order valence-electron chi connectivity index (χ1n) is 14.6. The molecule has 1 aliphatic heterocycles. The first kappa shape index (κ1) is 27.5. The van der Waals surface area contributed by atoms with Crippen LogP contribution in [0, 0.1) is 0 Å². The molecule has 3 N–H and O–H groups in total. The molecule has 0 bridgehead atoms. The van der Waals surface area contributed by atoms with Gasteiger partial charge in [0.05, 0.1) is 5.69 Å². The minimum Gasteiger partial charge on any atom is -0.323 e.